The van der Waals surface area contributed by atoms with Gasteiger partial charge in [0.25, 0.3) is 0 Å². The van der Waals surface area contributed by atoms with Crippen LogP contribution >= 0.6 is 15.9 Å². The van der Waals surface area contributed by atoms with Gasteiger partial charge >= 0.3 is 5.97 Å². The second-order valence-corrected chi connectivity index (χ2v) is 8.73. The molecule has 33 heavy (non-hydrogen) atoms. The highest BCUT2D eigenvalue weighted by atomic mass is 79.9. The van der Waals surface area contributed by atoms with E-state index in [2.05, 4.69) is 45.5 Å². The van der Waals surface area contributed by atoms with Crippen LogP contribution in [0.2, 0.25) is 0 Å². The molecule has 7 heteroatoms. The third-order valence-electron chi connectivity index (χ3n) is 5.90. The molecule has 3 aromatic carbocycles. The Balaban J connectivity index is 1.90. The predicted molar refractivity (Wildman–Crippen MR) is 131 cm³/mol. The van der Waals surface area contributed by atoms with Gasteiger partial charge in [0.1, 0.15) is 17.5 Å². The summed E-state index contributed by atoms with van der Waals surface area (Å²) in [5, 5.41) is 3.66. The van der Waals surface area contributed by atoms with Crippen LogP contribution in [0.25, 0.3) is 0 Å². The van der Waals surface area contributed by atoms with E-state index < -0.39 is 0 Å². The van der Waals surface area contributed by atoms with E-state index in [4.69, 9.17) is 14.2 Å². The smallest absolute Gasteiger partial charge is 0.361 e. The van der Waals surface area contributed by atoms with Crippen molar-refractivity contribution in [2.45, 2.75) is 19.1 Å². The molecule has 172 valence electrons. The lowest BCUT2D eigenvalue weighted by Crippen LogP contribution is -3.15. The van der Waals surface area contributed by atoms with Crippen LogP contribution in [0.1, 0.15) is 35.8 Å². The minimum absolute atomic E-state index is 0.0961. The van der Waals surface area contributed by atoms with Gasteiger partial charge in [-0.05, 0) is 37.3 Å². The molecule has 0 radical (unpaired) electrons. The first-order valence-electron chi connectivity index (χ1n) is 10.9. The fourth-order valence-corrected chi connectivity index (χ4v) is 4.85. The zero-order chi connectivity index (χ0) is 23.4. The third-order valence-corrected chi connectivity index (χ3v) is 6.40. The Morgan fingerprint density at radius 2 is 1.79 bits per heavy atom. The van der Waals surface area contributed by atoms with Crippen LogP contribution in [0, 0.1) is 0 Å². The van der Waals surface area contributed by atoms with Gasteiger partial charge in [-0.3, -0.25) is 4.90 Å². The van der Waals surface area contributed by atoms with Crippen LogP contribution in [-0.4, -0.2) is 33.3 Å². The first kappa shape index (κ1) is 23.1. The summed E-state index contributed by atoms with van der Waals surface area (Å²) in [6, 6.07) is 22.2. The molecule has 3 aromatic rings. The van der Waals surface area contributed by atoms with Crippen LogP contribution in [0.15, 0.2) is 71.2 Å². The van der Waals surface area contributed by atoms with Crippen molar-refractivity contribution in [1.82, 2.24) is 0 Å². The number of carbonyl (C=O) groups is 1. The van der Waals surface area contributed by atoms with E-state index in [9.17, 15) is 4.79 Å². The number of benzene rings is 3. The van der Waals surface area contributed by atoms with Gasteiger partial charge in [-0.2, -0.15) is 0 Å². The molecule has 0 aliphatic carbocycles. The van der Waals surface area contributed by atoms with E-state index in [1.807, 2.05) is 49.4 Å². The van der Waals surface area contributed by atoms with Gasteiger partial charge in [0, 0.05) is 27.4 Å². The normalized spacial score (nSPS) is 19.2. The van der Waals surface area contributed by atoms with E-state index in [1.54, 1.807) is 14.2 Å². The Bertz CT molecular complexity index is 1120. The lowest BCUT2D eigenvalue weighted by molar-refractivity contribution is -0.947. The quantitative estimate of drug-likeness (QED) is 0.467. The molecule has 4 rings (SSSR count). The van der Waals surface area contributed by atoms with Crippen molar-refractivity contribution in [2.24, 2.45) is 0 Å². The number of hydrogen-bond acceptors (Lipinski definition) is 5. The molecule has 0 fully saturated rings. The highest BCUT2D eigenvalue weighted by Gasteiger charge is 2.42. The van der Waals surface area contributed by atoms with E-state index in [0.29, 0.717) is 18.1 Å². The van der Waals surface area contributed by atoms with Gasteiger partial charge in [-0.25, -0.2) is 4.79 Å². The molecule has 6 nitrogen and oxygen atoms in total. The summed E-state index contributed by atoms with van der Waals surface area (Å²) in [5.41, 5.74) is 4.18. The number of rotatable bonds is 7. The zero-order valence-electron chi connectivity index (χ0n) is 18.9. The Labute approximate surface area is 202 Å². The number of ether oxygens (including phenoxy) is 3. The zero-order valence-corrected chi connectivity index (χ0v) is 20.5. The van der Waals surface area contributed by atoms with Gasteiger partial charge in [0.05, 0.1) is 26.4 Å². The number of methoxy groups -OCH3 is 2. The summed E-state index contributed by atoms with van der Waals surface area (Å²) >= 11 is 3.62. The first-order valence-corrected chi connectivity index (χ1v) is 11.7. The summed E-state index contributed by atoms with van der Waals surface area (Å²) in [4.78, 5) is 13.8. The average Bonchev–Trinajstić information content (AvgIpc) is 2.84. The van der Waals surface area contributed by atoms with E-state index in [1.165, 1.54) is 0 Å². The number of hydrogen-bond donors (Lipinski definition) is 2. The minimum atomic E-state index is -0.255. The second kappa shape index (κ2) is 10.3. The molecule has 1 heterocycles. The van der Waals surface area contributed by atoms with Crippen molar-refractivity contribution in [2.75, 3.05) is 32.7 Å². The summed E-state index contributed by atoms with van der Waals surface area (Å²) in [6.45, 7) is 2.35. The Morgan fingerprint density at radius 3 is 2.48 bits per heavy atom. The van der Waals surface area contributed by atoms with E-state index in [-0.39, 0.29) is 24.7 Å². The molecular formula is C26H28BrN2O4+. The third kappa shape index (κ3) is 4.84. The summed E-state index contributed by atoms with van der Waals surface area (Å²) in [6.07, 6.45) is -0.255. The van der Waals surface area contributed by atoms with E-state index >= 15 is 0 Å². The van der Waals surface area contributed by atoms with Crippen molar-refractivity contribution in [3.63, 3.8) is 0 Å². The fraction of sp³-hybridized carbons (Fsp3) is 0.269. The summed E-state index contributed by atoms with van der Waals surface area (Å²) in [5.74, 6) is 1.16. The largest absolute Gasteiger partial charge is 0.497 e. The number of anilines is 1. The standard InChI is InChI=1S/C26H27BrN2O4/c1-4-33-24(30)16-29-25(17-8-6-5-7-9-17)21-14-18(27)10-13-22(21)28-26(29)20-12-11-19(31-2)15-23(20)32-3/h5-15,25-26,28H,4,16H2,1-3H3/p+1/t25-,26+/m1/s1. The minimum Gasteiger partial charge on any atom is -0.497 e. The molecule has 2 N–H and O–H groups in total. The molecule has 1 unspecified atom stereocenters. The fourth-order valence-electron chi connectivity index (χ4n) is 4.47. The van der Waals surface area contributed by atoms with Crippen molar-refractivity contribution in [3.8, 4) is 11.5 Å². The number of quaternary nitrogens is 1. The Hall–Kier alpha value is -3.03. The molecule has 1 aliphatic rings. The SMILES string of the molecule is CCOC(=O)C[NH+]1[C@H](c2ccccc2)c2cc(Br)ccc2N[C@@H]1c1ccc(OC)cc1OC. The van der Waals surface area contributed by atoms with Gasteiger partial charge < -0.3 is 19.5 Å². The molecule has 0 aromatic heterocycles. The van der Waals surface area contributed by atoms with Gasteiger partial charge in [-0.1, -0.05) is 46.3 Å². The van der Waals surface area contributed by atoms with Gasteiger partial charge in [0.2, 0.25) is 0 Å². The number of fused-ring (bicyclic) bond motifs is 1. The molecule has 0 saturated heterocycles. The lowest BCUT2D eigenvalue weighted by atomic mass is 9.91. The molecule has 0 amide bonds. The summed E-state index contributed by atoms with van der Waals surface area (Å²) < 4.78 is 17.5. The molecule has 0 saturated carbocycles. The number of nitrogens with one attached hydrogen (secondary N) is 2. The molecule has 0 spiro atoms. The maximum absolute atomic E-state index is 12.8. The van der Waals surface area contributed by atoms with Gasteiger partial charge in [0.15, 0.2) is 12.7 Å². The monoisotopic (exact) mass is 511 g/mol. The number of esters is 1. The van der Waals surface area contributed by atoms with Crippen LogP contribution in [-0.2, 0) is 9.53 Å². The average molecular weight is 512 g/mol. The van der Waals surface area contributed by atoms with Crippen LogP contribution in [0.4, 0.5) is 5.69 Å². The highest BCUT2D eigenvalue weighted by Crippen LogP contribution is 2.37. The van der Waals surface area contributed by atoms with Crippen molar-refractivity contribution in [1.29, 1.82) is 0 Å². The predicted octanol–water partition coefficient (Wildman–Crippen LogP) is 4.13. The topological polar surface area (TPSA) is 61.2 Å². The maximum Gasteiger partial charge on any atom is 0.361 e. The Morgan fingerprint density at radius 1 is 1.00 bits per heavy atom. The highest BCUT2D eigenvalue weighted by molar-refractivity contribution is 9.10. The lowest BCUT2D eigenvalue weighted by Gasteiger charge is -2.41. The maximum atomic E-state index is 12.8. The first-order chi connectivity index (χ1) is 16.0. The molecule has 3 atom stereocenters. The number of halogens is 1. The van der Waals surface area contributed by atoms with Crippen LogP contribution in [0.5, 0.6) is 11.5 Å². The van der Waals surface area contributed by atoms with Crippen molar-refractivity contribution >= 4 is 27.6 Å². The number of carbonyl (C=O) groups excluding carboxylic acids is 1. The Kier molecular flexibility index (Phi) is 7.20. The van der Waals surface area contributed by atoms with Crippen molar-refractivity contribution < 1.29 is 23.9 Å². The van der Waals surface area contributed by atoms with Gasteiger partial charge in [-0.15, -0.1) is 0 Å². The molecular weight excluding hydrogens is 484 g/mol. The van der Waals surface area contributed by atoms with E-state index in [0.717, 1.165) is 31.8 Å². The summed E-state index contributed by atoms with van der Waals surface area (Å²) in [7, 11) is 3.27. The van der Waals surface area contributed by atoms with Crippen molar-refractivity contribution in [3.05, 3.63) is 87.9 Å². The second-order valence-electron chi connectivity index (χ2n) is 7.82. The van der Waals surface area contributed by atoms with Crippen LogP contribution in [0.3, 0.4) is 0 Å². The van der Waals surface area contributed by atoms with Crippen LogP contribution < -0.4 is 19.7 Å². The molecule has 1 aliphatic heterocycles. The molecule has 0 bridgehead atoms.